The molecular formula is C25H32N2O7S. The van der Waals surface area contributed by atoms with Crippen LogP contribution in [0.25, 0.3) is 0 Å². The van der Waals surface area contributed by atoms with Crippen LogP contribution in [-0.2, 0) is 14.3 Å². The molecule has 0 radical (unpaired) electrons. The average Bonchev–Trinajstić information content (AvgIpc) is 2.88. The van der Waals surface area contributed by atoms with E-state index in [-0.39, 0.29) is 13.2 Å². The number of aliphatic hydroxyl groups is 1. The number of carbonyl (C=O) groups excluding carboxylic acids is 2. The Hall–Kier alpha value is -3.05. The summed E-state index contributed by atoms with van der Waals surface area (Å²) >= 11 is 1.60. The highest BCUT2D eigenvalue weighted by Gasteiger charge is 2.27. The molecule has 0 fully saturated rings. The number of hydrogen-bond acceptors (Lipinski definition) is 8. The van der Waals surface area contributed by atoms with Crippen molar-refractivity contribution in [2.24, 2.45) is 0 Å². The molecular weight excluding hydrogens is 472 g/mol. The van der Waals surface area contributed by atoms with Gasteiger partial charge in [0.1, 0.15) is 12.4 Å². The fourth-order valence-electron chi connectivity index (χ4n) is 3.24. The number of ether oxygens (including phenoxy) is 3. The molecule has 0 bridgehead atoms. The van der Waals surface area contributed by atoms with E-state index in [2.05, 4.69) is 5.32 Å². The van der Waals surface area contributed by atoms with Gasteiger partial charge in [-0.25, -0.2) is 10.3 Å². The number of aliphatic hydroxyl groups excluding tert-OH is 1. The van der Waals surface area contributed by atoms with Crippen molar-refractivity contribution in [2.75, 3.05) is 31.4 Å². The van der Waals surface area contributed by atoms with Gasteiger partial charge in [-0.05, 0) is 68.0 Å². The van der Waals surface area contributed by atoms with E-state index >= 15 is 0 Å². The standard InChI is InChI=1S/C25H32N2O7S/c1-3-32-22(6-4-5-7-23(29)27-31)24(18-8-12-20(13-9-18)33-17-16-28)34-25(30)26-19-10-14-21(35-2)15-11-19/h5,7-15,22,24,28,31H,3-4,6,16-17H2,1-2H3,(H,26,30)(H,27,29)/b7-5+/t22-,24-/m0/s1. The van der Waals surface area contributed by atoms with E-state index in [9.17, 15) is 9.59 Å². The van der Waals surface area contributed by atoms with E-state index in [1.165, 1.54) is 11.6 Å². The highest BCUT2D eigenvalue weighted by Crippen LogP contribution is 2.29. The fraction of sp³-hybridized carbons (Fsp3) is 0.360. The first-order chi connectivity index (χ1) is 17.0. The number of benzene rings is 2. The van der Waals surface area contributed by atoms with Gasteiger partial charge in [-0.15, -0.1) is 11.8 Å². The topological polar surface area (TPSA) is 126 Å². The first-order valence-electron chi connectivity index (χ1n) is 11.2. The number of rotatable bonds is 14. The van der Waals surface area contributed by atoms with Gasteiger partial charge in [0.15, 0.2) is 6.10 Å². The second-order valence-electron chi connectivity index (χ2n) is 7.27. The normalized spacial score (nSPS) is 12.7. The van der Waals surface area contributed by atoms with Gasteiger partial charge in [0.2, 0.25) is 0 Å². The monoisotopic (exact) mass is 504 g/mol. The second kappa shape index (κ2) is 15.8. The lowest BCUT2D eigenvalue weighted by Crippen LogP contribution is -2.29. The summed E-state index contributed by atoms with van der Waals surface area (Å²) in [7, 11) is 0. The van der Waals surface area contributed by atoms with Crippen LogP contribution in [0.4, 0.5) is 10.5 Å². The summed E-state index contributed by atoms with van der Waals surface area (Å²) in [5.74, 6) is -0.0538. The van der Waals surface area contributed by atoms with Gasteiger partial charge in [0.25, 0.3) is 5.91 Å². The molecule has 0 aliphatic rings. The first kappa shape index (κ1) is 28.2. The van der Waals surface area contributed by atoms with Crippen LogP contribution in [0.1, 0.15) is 31.4 Å². The summed E-state index contributed by atoms with van der Waals surface area (Å²) in [6.45, 7) is 2.31. The molecule has 2 amide bonds. The minimum Gasteiger partial charge on any atom is -0.491 e. The zero-order valence-corrected chi connectivity index (χ0v) is 20.6. The SMILES string of the molecule is CCO[C@@H](CC/C=C/C(=O)NO)[C@@H](OC(=O)Nc1ccc(SC)cc1)c1ccc(OCCO)cc1. The summed E-state index contributed by atoms with van der Waals surface area (Å²) in [5.41, 5.74) is 2.84. The van der Waals surface area contributed by atoms with Crippen LogP contribution in [0.2, 0.25) is 0 Å². The number of hydroxylamine groups is 1. The van der Waals surface area contributed by atoms with Gasteiger partial charge in [-0.1, -0.05) is 18.2 Å². The third-order valence-electron chi connectivity index (χ3n) is 4.85. The summed E-state index contributed by atoms with van der Waals surface area (Å²) in [4.78, 5) is 25.1. The molecule has 9 nitrogen and oxygen atoms in total. The summed E-state index contributed by atoms with van der Waals surface area (Å²) in [6, 6.07) is 14.4. The van der Waals surface area contributed by atoms with Crippen LogP contribution in [0, 0.1) is 0 Å². The maximum absolute atomic E-state index is 12.8. The van der Waals surface area contributed by atoms with Crippen LogP contribution >= 0.6 is 11.8 Å². The molecule has 2 aromatic carbocycles. The number of carbonyl (C=O) groups is 2. The molecule has 0 unspecified atom stereocenters. The largest absolute Gasteiger partial charge is 0.491 e. The van der Waals surface area contributed by atoms with E-state index < -0.39 is 24.2 Å². The van der Waals surface area contributed by atoms with Crippen LogP contribution in [0.15, 0.2) is 65.6 Å². The Labute approximate surface area is 209 Å². The zero-order chi connectivity index (χ0) is 25.5. The Bertz CT molecular complexity index is 936. The van der Waals surface area contributed by atoms with Crippen molar-refractivity contribution in [3.8, 4) is 5.75 Å². The number of hydrogen-bond donors (Lipinski definition) is 4. The Morgan fingerprint density at radius 2 is 1.83 bits per heavy atom. The molecule has 35 heavy (non-hydrogen) atoms. The van der Waals surface area contributed by atoms with E-state index in [0.29, 0.717) is 36.4 Å². The van der Waals surface area contributed by atoms with Gasteiger partial charge in [0, 0.05) is 23.3 Å². The van der Waals surface area contributed by atoms with Gasteiger partial charge in [0.05, 0.1) is 12.7 Å². The molecule has 2 aromatic rings. The van der Waals surface area contributed by atoms with Crippen molar-refractivity contribution < 1.29 is 34.1 Å². The third kappa shape index (κ3) is 9.99. The molecule has 4 N–H and O–H groups in total. The molecule has 10 heteroatoms. The molecule has 0 aromatic heterocycles. The maximum Gasteiger partial charge on any atom is 0.412 e. The van der Waals surface area contributed by atoms with Gasteiger partial charge >= 0.3 is 6.09 Å². The van der Waals surface area contributed by atoms with Crippen LogP contribution in [-0.4, -0.2) is 54.5 Å². The summed E-state index contributed by atoms with van der Waals surface area (Å²) in [6.07, 6.45) is 3.82. The first-order valence-corrected chi connectivity index (χ1v) is 12.4. The lowest BCUT2D eigenvalue weighted by molar-refractivity contribution is -0.124. The Morgan fingerprint density at radius 1 is 1.11 bits per heavy atom. The molecule has 2 rings (SSSR count). The van der Waals surface area contributed by atoms with Crippen LogP contribution in [0.5, 0.6) is 5.75 Å². The second-order valence-corrected chi connectivity index (χ2v) is 8.15. The predicted molar refractivity (Wildman–Crippen MR) is 134 cm³/mol. The lowest BCUT2D eigenvalue weighted by atomic mass is 10.00. The molecule has 0 saturated carbocycles. The highest BCUT2D eigenvalue weighted by molar-refractivity contribution is 7.98. The Balaban J connectivity index is 2.20. The van der Waals surface area contributed by atoms with Crippen LogP contribution < -0.4 is 15.5 Å². The quantitative estimate of drug-likeness (QED) is 0.130. The van der Waals surface area contributed by atoms with E-state index in [1.54, 1.807) is 54.2 Å². The molecule has 190 valence electrons. The van der Waals surface area contributed by atoms with Gasteiger partial charge in [-0.3, -0.25) is 15.3 Å². The third-order valence-corrected chi connectivity index (χ3v) is 5.60. The molecule has 0 aliphatic carbocycles. The highest BCUT2D eigenvalue weighted by atomic mass is 32.2. The summed E-state index contributed by atoms with van der Waals surface area (Å²) in [5, 5.41) is 20.3. The van der Waals surface area contributed by atoms with Crippen molar-refractivity contribution in [1.29, 1.82) is 0 Å². The number of thioether (sulfide) groups is 1. The predicted octanol–water partition coefficient (Wildman–Crippen LogP) is 4.32. The number of anilines is 1. The Kier molecular flexibility index (Phi) is 12.7. The summed E-state index contributed by atoms with van der Waals surface area (Å²) < 4.78 is 17.2. The van der Waals surface area contributed by atoms with Gasteiger partial charge in [-0.2, -0.15) is 0 Å². The van der Waals surface area contributed by atoms with E-state index in [1.807, 2.05) is 25.3 Å². The molecule has 2 atom stereocenters. The maximum atomic E-state index is 12.8. The average molecular weight is 505 g/mol. The smallest absolute Gasteiger partial charge is 0.412 e. The zero-order valence-electron chi connectivity index (χ0n) is 19.8. The number of amides is 2. The number of nitrogens with one attached hydrogen (secondary N) is 2. The van der Waals surface area contributed by atoms with E-state index in [0.717, 1.165) is 4.90 Å². The van der Waals surface area contributed by atoms with Crippen molar-refractivity contribution in [1.82, 2.24) is 5.48 Å². The minimum atomic E-state index is -0.743. The van der Waals surface area contributed by atoms with Crippen molar-refractivity contribution in [3.63, 3.8) is 0 Å². The molecule has 0 saturated heterocycles. The van der Waals surface area contributed by atoms with Crippen molar-refractivity contribution in [3.05, 3.63) is 66.2 Å². The fourth-order valence-corrected chi connectivity index (χ4v) is 3.65. The van der Waals surface area contributed by atoms with Gasteiger partial charge < -0.3 is 19.3 Å². The minimum absolute atomic E-state index is 0.0974. The number of allylic oxidation sites excluding steroid dienone is 1. The van der Waals surface area contributed by atoms with Crippen molar-refractivity contribution in [2.45, 2.75) is 36.9 Å². The van der Waals surface area contributed by atoms with Crippen molar-refractivity contribution >= 4 is 29.4 Å². The molecule has 0 spiro atoms. The lowest BCUT2D eigenvalue weighted by Gasteiger charge is -2.27. The molecule has 0 aliphatic heterocycles. The molecule has 0 heterocycles. The Morgan fingerprint density at radius 3 is 2.43 bits per heavy atom. The van der Waals surface area contributed by atoms with Crippen LogP contribution in [0.3, 0.4) is 0 Å². The van der Waals surface area contributed by atoms with E-state index in [4.69, 9.17) is 24.5 Å².